The van der Waals surface area contributed by atoms with Gasteiger partial charge in [-0.2, -0.15) is 4.31 Å². The maximum Gasteiger partial charge on any atom is 0.257 e. The lowest BCUT2D eigenvalue weighted by Gasteiger charge is -2.31. The average Bonchev–Trinajstić information content (AvgIpc) is 2.84. The predicted molar refractivity (Wildman–Crippen MR) is 132 cm³/mol. The number of carbonyl (C=O) groups excluding carboxylic acids is 1. The summed E-state index contributed by atoms with van der Waals surface area (Å²) in [5, 5.41) is 2.95. The summed E-state index contributed by atoms with van der Waals surface area (Å²) in [6, 6.07) is 12.6. The Bertz CT molecular complexity index is 1110. The third-order valence-corrected chi connectivity index (χ3v) is 8.08. The quantitative estimate of drug-likeness (QED) is 0.697. The van der Waals surface area contributed by atoms with E-state index in [0.29, 0.717) is 69.5 Å². The van der Waals surface area contributed by atoms with Crippen molar-refractivity contribution < 1.29 is 22.7 Å². The number of benzene rings is 2. The Morgan fingerprint density at radius 3 is 2.06 bits per heavy atom. The van der Waals surface area contributed by atoms with Gasteiger partial charge in [-0.05, 0) is 41.3 Å². The van der Waals surface area contributed by atoms with Gasteiger partial charge in [-0.15, -0.1) is 0 Å². The SMILES string of the molecule is CC(C)(C)c1ccc(NC(=O)c2cc(S(=O)(=O)N3CCOCC3)ccc2N2CCOCC2)cc1. The summed E-state index contributed by atoms with van der Waals surface area (Å²) >= 11 is 0. The zero-order valence-corrected chi connectivity index (χ0v) is 20.9. The summed E-state index contributed by atoms with van der Waals surface area (Å²) < 4.78 is 38.7. The minimum absolute atomic E-state index is 0.00816. The Morgan fingerprint density at radius 1 is 0.882 bits per heavy atom. The molecule has 9 heteroatoms. The lowest BCUT2D eigenvalue weighted by Crippen LogP contribution is -2.41. The van der Waals surface area contributed by atoms with Crippen molar-refractivity contribution in [3.63, 3.8) is 0 Å². The van der Waals surface area contributed by atoms with Gasteiger partial charge in [0.25, 0.3) is 5.91 Å². The largest absolute Gasteiger partial charge is 0.379 e. The van der Waals surface area contributed by atoms with Crippen LogP contribution in [0.2, 0.25) is 0 Å². The van der Waals surface area contributed by atoms with Gasteiger partial charge in [0, 0.05) is 37.6 Å². The topological polar surface area (TPSA) is 88.2 Å². The molecule has 0 radical (unpaired) electrons. The summed E-state index contributed by atoms with van der Waals surface area (Å²) in [5.41, 5.74) is 2.86. The highest BCUT2D eigenvalue weighted by molar-refractivity contribution is 7.89. The molecule has 2 aliphatic heterocycles. The highest BCUT2D eigenvalue weighted by Gasteiger charge is 2.29. The fourth-order valence-corrected chi connectivity index (χ4v) is 5.56. The van der Waals surface area contributed by atoms with Crippen molar-refractivity contribution in [3.8, 4) is 0 Å². The molecule has 0 atom stereocenters. The van der Waals surface area contributed by atoms with Crippen LogP contribution in [-0.2, 0) is 24.9 Å². The number of sulfonamides is 1. The first-order valence-electron chi connectivity index (χ1n) is 11.6. The van der Waals surface area contributed by atoms with Crippen LogP contribution in [0.25, 0.3) is 0 Å². The van der Waals surface area contributed by atoms with Crippen molar-refractivity contribution in [2.45, 2.75) is 31.1 Å². The number of nitrogens with zero attached hydrogens (tertiary/aromatic N) is 2. The minimum atomic E-state index is -3.73. The van der Waals surface area contributed by atoms with E-state index in [4.69, 9.17) is 9.47 Å². The number of anilines is 2. The fourth-order valence-electron chi connectivity index (χ4n) is 4.13. The molecule has 2 fully saturated rings. The van der Waals surface area contributed by atoms with Gasteiger partial charge >= 0.3 is 0 Å². The first kappa shape index (κ1) is 24.7. The number of morpholine rings is 2. The molecule has 2 aromatic carbocycles. The van der Waals surface area contributed by atoms with E-state index < -0.39 is 10.0 Å². The average molecular weight is 488 g/mol. The molecule has 184 valence electrons. The molecular weight excluding hydrogens is 454 g/mol. The number of carbonyl (C=O) groups is 1. The van der Waals surface area contributed by atoms with Gasteiger partial charge in [0.15, 0.2) is 0 Å². The molecule has 0 saturated carbocycles. The molecule has 2 saturated heterocycles. The van der Waals surface area contributed by atoms with Gasteiger partial charge in [0.05, 0.1) is 36.9 Å². The molecule has 2 aliphatic rings. The highest BCUT2D eigenvalue weighted by atomic mass is 32.2. The monoisotopic (exact) mass is 487 g/mol. The van der Waals surface area contributed by atoms with Crippen molar-refractivity contribution in [1.29, 1.82) is 0 Å². The zero-order valence-electron chi connectivity index (χ0n) is 20.0. The highest BCUT2D eigenvalue weighted by Crippen LogP contribution is 2.29. The maximum atomic E-state index is 13.4. The lowest BCUT2D eigenvalue weighted by molar-refractivity contribution is 0.0730. The second-order valence-electron chi connectivity index (χ2n) is 9.58. The second-order valence-corrected chi connectivity index (χ2v) is 11.5. The van der Waals surface area contributed by atoms with Crippen molar-refractivity contribution in [2.75, 3.05) is 62.8 Å². The molecule has 0 unspecified atom stereocenters. The van der Waals surface area contributed by atoms with Crippen LogP contribution >= 0.6 is 0 Å². The first-order chi connectivity index (χ1) is 16.2. The van der Waals surface area contributed by atoms with Gasteiger partial charge in [0.2, 0.25) is 10.0 Å². The van der Waals surface area contributed by atoms with Gasteiger partial charge in [-0.25, -0.2) is 8.42 Å². The van der Waals surface area contributed by atoms with Crippen LogP contribution in [0.1, 0.15) is 36.7 Å². The number of ether oxygens (including phenoxy) is 2. The number of rotatable bonds is 5. The van der Waals surface area contributed by atoms with Crippen molar-refractivity contribution >= 4 is 27.3 Å². The van der Waals surface area contributed by atoms with E-state index in [1.807, 2.05) is 24.3 Å². The van der Waals surface area contributed by atoms with E-state index in [1.165, 1.54) is 10.4 Å². The van der Waals surface area contributed by atoms with Gasteiger partial charge in [-0.3, -0.25) is 4.79 Å². The number of amides is 1. The zero-order chi connectivity index (χ0) is 24.3. The van der Waals surface area contributed by atoms with Crippen LogP contribution < -0.4 is 10.2 Å². The summed E-state index contributed by atoms with van der Waals surface area (Å²) in [5.74, 6) is -0.343. The van der Waals surface area contributed by atoms with Crippen molar-refractivity contribution in [1.82, 2.24) is 4.31 Å². The molecule has 1 amide bonds. The first-order valence-corrected chi connectivity index (χ1v) is 13.1. The molecular formula is C25H33N3O5S. The Kier molecular flexibility index (Phi) is 7.28. The van der Waals surface area contributed by atoms with Gasteiger partial charge < -0.3 is 19.7 Å². The van der Waals surface area contributed by atoms with Gasteiger partial charge in [0.1, 0.15) is 0 Å². The van der Waals surface area contributed by atoms with E-state index in [-0.39, 0.29) is 16.2 Å². The molecule has 0 bridgehead atoms. The fraction of sp³-hybridized carbons (Fsp3) is 0.480. The Balaban J connectivity index is 1.66. The van der Waals surface area contributed by atoms with Crippen LogP contribution in [0.3, 0.4) is 0 Å². The Morgan fingerprint density at radius 2 is 1.47 bits per heavy atom. The number of hydrogen-bond acceptors (Lipinski definition) is 6. The van der Waals surface area contributed by atoms with E-state index in [9.17, 15) is 13.2 Å². The smallest absolute Gasteiger partial charge is 0.257 e. The van der Waals surface area contributed by atoms with E-state index >= 15 is 0 Å². The van der Waals surface area contributed by atoms with Crippen LogP contribution in [0.4, 0.5) is 11.4 Å². The normalized spacial score (nSPS) is 18.0. The summed E-state index contributed by atoms with van der Waals surface area (Å²) in [7, 11) is -3.73. The van der Waals surface area contributed by atoms with E-state index in [2.05, 4.69) is 31.0 Å². The van der Waals surface area contributed by atoms with E-state index in [1.54, 1.807) is 12.1 Å². The van der Waals surface area contributed by atoms with Crippen LogP contribution in [-0.4, -0.2) is 71.2 Å². The van der Waals surface area contributed by atoms with Gasteiger partial charge in [-0.1, -0.05) is 32.9 Å². The molecule has 2 heterocycles. The van der Waals surface area contributed by atoms with Crippen molar-refractivity contribution in [3.05, 3.63) is 53.6 Å². The molecule has 0 aliphatic carbocycles. The van der Waals surface area contributed by atoms with E-state index in [0.717, 1.165) is 5.56 Å². The summed E-state index contributed by atoms with van der Waals surface area (Å²) in [6.45, 7) is 10.1. The number of hydrogen-bond donors (Lipinski definition) is 1. The molecule has 8 nitrogen and oxygen atoms in total. The predicted octanol–water partition coefficient (Wildman–Crippen LogP) is 3.09. The van der Waals surface area contributed by atoms with Crippen LogP contribution in [0.5, 0.6) is 0 Å². The minimum Gasteiger partial charge on any atom is -0.379 e. The molecule has 4 rings (SSSR count). The lowest BCUT2D eigenvalue weighted by atomic mass is 9.87. The molecule has 0 spiro atoms. The van der Waals surface area contributed by atoms with Crippen molar-refractivity contribution in [2.24, 2.45) is 0 Å². The molecule has 2 aromatic rings. The third-order valence-electron chi connectivity index (χ3n) is 6.18. The molecule has 1 N–H and O–H groups in total. The second kappa shape index (κ2) is 10.0. The summed E-state index contributed by atoms with van der Waals surface area (Å²) in [6.07, 6.45) is 0. The van der Waals surface area contributed by atoms with Crippen LogP contribution in [0.15, 0.2) is 47.4 Å². The Hall–Kier alpha value is -2.46. The van der Waals surface area contributed by atoms with Crippen LogP contribution in [0, 0.1) is 0 Å². The molecule has 34 heavy (non-hydrogen) atoms. The Labute approximate surface area is 201 Å². The third kappa shape index (κ3) is 5.43. The summed E-state index contributed by atoms with van der Waals surface area (Å²) in [4.78, 5) is 15.6. The maximum absolute atomic E-state index is 13.4. The number of nitrogens with one attached hydrogen (secondary N) is 1. The standard InChI is InChI=1S/C25H33N3O5S/c1-25(2,3)19-4-6-20(7-5-19)26-24(29)22-18-21(34(30,31)28-12-16-33-17-13-28)8-9-23(22)27-10-14-32-15-11-27/h4-9,18H,10-17H2,1-3H3,(H,26,29). The molecule has 0 aromatic heterocycles.